The smallest absolute Gasteiger partial charge is 0.211 e. The molecule has 0 saturated heterocycles. The Morgan fingerprint density at radius 2 is 2.05 bits per heavy atom. The van der Waals surface area contributed by atoms with Crippen LogP contribution in [0.25, 0.3) is 0 Å². The standard InChI is InChI=1S/C17H17NO2/c1-11-8-12(2)16(18-10-11)17(19)13-4-3-5-15(9-13)20-14-6-7-14/h3-5,8-10,14H,6-7H2,1-2H3. The molecule has 0 bridgehead atoms. The third kappa shape index (κ3) is 2.72. The van der Waals surface area contributed by atoms with Crippen LogP contribution in [0.15, 0.2) is 36.5 Å². The quantitative estimate of drug-likeness (QED) is 0.796. The lowest BCUT2D eigenvalue weighted by Crippen LogP contribution is -2.07. The predicted molar refractivity (Wildman–Crippen MR) is 77.2 cm³/mol. The van der Waals surface area contributed by atoms with E-state index in [4.69, 9.17) is 4.74 Å². The number of hydrogen-bond acceptors (Lipinski definition) is 3. The van der Waals surface area contributed by atoms with Gasteiger partial charge < -0.3 is 4.74 Å². The summed E-state index contributed by atoms with van der Waals surface area (Å²) in [5, 5.41) is 0. The van der Waals surface area contributed by atoms with Gasteiger partial charge in [0.05, 0.1) is 6.10 Å². The Morgan fingerprint density at radius 3 is 2.75 bits per heavy atom. The van der Waals surface area contributed by atoms with Crippen LogP contribution in [-0.4, -0.2) is 16.9 Å². The van der Waals surface area contributed by atoms with Crippen molar-refractivity contribution in [3.8, 4) is 5.75 Å². The number of aryl methyl sites for hydroxylation is 2. The SMILES string of the molecule is Cc1cnc(C(=O)c2cccc(OC3CC3)c2)c(C)c1. The molecule has 3 nitrogen and oxygen atoms in total. The average molecular weight is 267 g/mol. The summed E-state index contributed by atoms with van der Waals surface area (Å²) >= 11 is 0. The molecule has 1 fully saturated rings. The van der Waals surface area contributed by atoms with E-state index in [1.807, 2.05) is 44.2 Å². The van der Waals surface area contributed by atoms with E-state index in [0.29, 0.717) is 17.4 Å². The molecule has 1 aliphatic rings. The highest BCUT2D eigenvalue weighted by Gasteiger charge is 2.24. The van der Waals surface area contributed by atoms with Crippen molar-refractivity contribution in [1.29, 1.82) is 0 Å². The van der Waals surface area contributed by atoms with Gasteiger partial charge in [-0.05, 0) is 49.9 Å². The highest BCUT2D eigenvalue weighted by molar-refractivity contribution is 6.08. The predicted octanol–water partition coefficient (Wildman–Crippen LogP) is 3.47. The maximum absolute atomic E-state index is 12.5. The average Bonchev–Trinajstić information content (AvgIpc) is 3.22. The summed E-state index contributed by atoms with van der Waals surface area (Å²) in [6.45, 7) is 3.89. The van der Waals surface area contributed by atoms with Crippen molar-refractivity contribution < 1.29 is 9.53 Å². The maximum atomic E-state index is 12.5. The number of carbonyl (C=O) groups excluding carboxylic acids is 1. The van der Waals surface area contributed by atoms with Gasteiger partial charge in [-0.3, -0.25) is 9.78 Å². The molecule has 0 unspecified atom stereocenters. The van der Waals surface area contributed by atoms with Crippen LogP contribution in [0.2, 0.25) is 0 Å². The third-order valence-electron chi connectivity index (χ3n) is 3.35. The molecule has 1 heterocycles. The lowest BCUT2D eigenvalue weighted by atomic mass is 10.0. The molecule has 20 heavy (non-hydrogen) atoms. The van der Waals surface area contributed by atoms with E-state index in [0.717, 1.165) is 29.7 Å². The number of hydrogen-bond donors (Lipinski definition) is 0. The zero-order valence-corrected chi connectivity index (χ0v) is 11.7. The number of carbonyl (C=O) groups is 1. The normalized spacial score (nSPS) is 14.1. The summed E-state index contributed by atoms with van der Waals surface area (Å²) in [4.78, 5) is 16.8. The third-order valence-corrected chi connectivity index (χ3v) is 3.35. The molecule has 0 atom stereocenters. The van der Waals surface area contributed by atoms with Crippen LogP contribution < -0.4 is 4.74 Å². The number of pyridine rings is 1. The first kappa shape index (κ1) is 12.9. The molecule has 1 aromatic carbocycles. The lowest BCUT2D eigenvalue weighted by Gasteiger charge is -2.08. The first-order valence-electron chi connectivity index (χ1n) is 6.88. The first-order valence-corrected chi connectivity index (χ1v) is 6.88. The van der Waals surface area contributed by atoms with Crippen LogP contribution >= 0.6 is 0 Å². The Morgan fingerprint density at radius 1 is 1.25 bits per heavy atom. The molecule has 0 spiro atoms. The summed E-state index contributed by atoms with van der Waals surface area (Å²) in [5.74, 6) is 0.715. The summed E-state index contributed by atoms with van der Waals surface area (Å²) in [6, 6.07) is 9.34. The number of benzene rings is 1. The van der Waals surface area contributed by atoms with Crippen LogP contribution in [0.4, 0.5) is 0 Å². The second-order valence-electron chi connectivity index (χ2n) is 5.35. The van der Waals surface area contributed by atoms with Crippen LogP contribution in [0, 0.1) is 13.8 Å². The van der Waals surface area contributed by atoms with E-state index in [9.17, 15) is 4.79 Å². The second kappa shape index (κ2) is 5.08. The van der Waals surface area contributed by atoms with E-state index >= 15 is 0 Å². The highest BCUT2D eigenvalue weighted by Crippen LogP contribution is 2.27. The fourth-order valence-electron chi connectivity index (χ4n) is 2.18. The van der Waals surface area contributed by atoms with Gasteiger partial charge in [-0.1, -0.05) is 18.2 Å². The van der Waals surface area contributed by atoms with E-state index in [-0.39, 0.29) is 5.78 Å². The molecule has 2 aromatic rings. The minimum absolute atomic E-state index is 0.0521. The fourth-order valence-corrected chi connectivity index (χ4v) is 2.18. The van der Waals surface area contributed by atoms with Gasteiger partial charge in [-0.15, -0.1) is 0 Å². The number of nitrogens with zero attached hydrogens (tertiary/aromatic N) is 1. The monoisotopic (exact) mass is 267 g/mol. The van der Waals surface area contributed by atoms with Crippen molar-refractivity contribution >= 4 is 5.78 Å². The number of ether oxygens (including phenoxy) is 1. The fraction of sp³-hybridized carbons (Fsp3) is 0.294. The topological polar surface area (TPSA) is 39.2 Å². The van der Waals surface area contributed by atoms with E-state index in [1.165, 1.54) is 0 Å². The van der Waals surface area contributed by atoms with E-state index in [1.54, 1.807) is 6.20 Å². The lowest BCUT2D eigenvalue weighted by molar-refractivity contribution is 0.103. The number of rotatable bonds is 4. The van der Waals surface area contributed by atoms with Crippen molar-refractivity contribution in [1.82, 2.24) is 4.98 Å². The molecular formula is C17H17NO2. The Labute approximate surface area is 118 Å². The molecule has 0 radical (unpaired) electrons. The van der Waals surface area contributed by atoms with Gasteiger partial charge in [0.2, 0.25) is 5.78 Å². The minimum Gasteiger partial charge on any atom is -0.490 e. The van der Waals surface area contributed by atoms with Crippen molar-refractivity contribution in [2.24, 2.45) is 0 Å². The van der Waals surface area contributed by atoms with E-state index < -0.39 is 0 Å². The summed E-state index contributed by atoms with van der Waals surface area (Å²) in [6.07, 6.45) is 4.28. The molecule has 1 saturated carbocycles. The molecule has 3 heteroatoms. The molecule has 0 amide bonds. The van der Waals surface area contributed by atoms with Crippen LogP contribution in [0.3, 0.4) is 0 Å². The Kier molecular flexibility index (Phi) is 3.26. The van der Waals surface area contributed by atoms with Crippen molar-refractivity contribution in [2.45, 2.75) is 32.8 Å². The Balaban J connectivity index is 1.89. The zero-order chi connectivity index (χ0) is 14.1. The Hall–Kier alpha value is -2.16. The largest absolute Gasteiger partial charge is 0.490 e. The number of aromatic nitrogens is 1. The summed E-state index contributed by atoms with van der Waals surface area (Å²) < 4.78 is 5.73. The molecule has 1 aliphatic carbocycles. The Bertz CT molecular complexity index is 660. The summed E-state index contributed by atoms with van der Waals surface area (Å²) in [5.41, 5.74) is 3.11. The van der Waals surface area contributed by atoms with Gasteiger partial charge >= 0.3 is 0 Å². The van der Waals surface area contributed by atoms with Gasteiger partial charge in [-0.2, -0.15) is 0 Å². The van der Waals surface area contributed by atoms with E-state index in [2.05, 4.69) is 4.98 Å². The van der Waals surface area contributed by atoms with Crippen molar-refractivity contribution in [3.05, 3.63) is 58.9 Å². The van der Waals surface area contributed by atoms with Gasteiger partial charge in [0, 0.05) is 11.8 Å². The van der Waals surface area contributed by atoms with Crippen LogP contribution in [-0.2, 0) is 0 Å². The molecule has 3 rings (SSSR count). The van der Waals surface area contributed by atoms with Gasteiger partial charge in [0.25, 0.3) is 0 Å². The molecule has 0 aliphatic heterocycles. The zero-order valence-electron chi connectivity index (χ0n) is 11.7. The van der Waals surface area contributed by atoms with Gasteiger partial charge in [0.1, 0.15) is 11.4 Å². The molecule has 1 aromatic heterocycles. The first-order chi connectivity index (χ1) is 9.63. The van der Waals surface area contributed by atoms with Crippen LogP contribution in [0.1, 0.15) is 40.0 Å². The van der Waals surface area contributed by atoms with Gasteiger partial charge in [-0.25, -0.2) is 0 Å². The minimum atomic E-state index is -0.0521. The number of ketones is 1. The second-order valence-corrected chi connectivity index (χ2v) is 5.35. The summed E-state index contributed by atoms with van der Waals surface area (Å²) in [7, 11) is 0. The van der Waals surface area contributed by atoms with Crippen molar-refractivity contribution in [2.75, 3.05) is 0 Å². The highest BCUT2D eigenvalue weighted by atomic mass is 16.5. The van der Waals surface area contributed by atoms with Crippen LogP contribution in [0.5, 0.6) is 5.75 Å². The van der Waals surface area contributed by atoms with Crippen molar-refractivity contribution in [3.63, 3.8) is 0 Å². The molecule has 102 valence electrons. The molecular weight excluding hydrogens is 250 g/mol. The van der Waals surface area contributed by atoms with Gasteiger partial charge in [0.15, 0.2) is 0 Å². The maximum Gasteiger partial charge on any atom is 0.211 e. The molecule has 0 N–H and O–H groups in total.